The predicted octanol–water partition coefficient (Wildman–Crippen LogP) is 4.49. The number of rotatable bonds is 6. The first-order valence-electron chi connectivity index (χ1n) is 7.48. The fraction of sp³-hybridized carbons (Fsp3) is 0.444. The van der Waals surface area contributed by atoms with Crippen LogP contribution in [-0.2, 0) is 0 Å². The van der Waals surface area contributed by atoms with Gasteiger partial charge in [0.15, 0.2) is 0 Å². The highest BCUT2D eigenvalue weighted by Crippen LogP contribution is 2.20. The second kappa shape index (κ2) is 7.78. The molecule has 0 atom stereocenters. The Kier molecular flexibility index (Phi) is 5.72. The zero-order chi connectivity index (χ0) is 14.2. The van der Waals surface area contributed by atoms with Crippen molar-refractivity contribution in [2.75, 3.05) is 20.7 Å². The average Bonchev–Trinajstić information content (AvgIpc) is 2.52. The fourth-order valence-electron chi connectivity index (χ4n) is 2.45. The molecule has 0 saturated carbocycles. The Morgan fingerprint density at radius 2 is 2.00 bits per heavy atom. The first-order chi connectivity index (χ1) is 9.78. The largest absolute Gasteiger partial charge is 0.497 e. The third-order valence-electron chi connectivity index (χ3n) is 3.81. The molecule has 1 aliphatic carbocycles. The maximum absolute atomic E-state index is 5.16. The van der Waals surface area contributed by atoms with Gasteiger partial charge >= 0.3 is 0 Å². The van der Waals surface area contributed by atoms with Crippen LogP contribution in [0.2, 0.25) is 0 Å². The van der Waals surface area contributed by atoms with Gasteiger partial charge in [0.25, 0.3) is 0 Å². The van der Waals surface area contributed by atoms with Crippen LogP contribution in [0.4, 0.5) is 0 Å². The third kappa shape index (κ3) is 4.76. The molecule has 0 bridgehead atoms. The molecule has 0 saturated heterocycles. The minimum atomic E-state index is 0.903. The lowest BCUT2D eigenvalue weighted by Gasteiger charge is -2.17. The lowest BCUT2D eigenvalue weighted by Crippen LogP contribution is -2.13. The van der Waals surface area contributed by atoms with Gasteiger partial charge in [-0.05, 0) is 62.1 Å². The van der Waals surface area contributed by atoms with Crippen molar-refractivity contribution >= 4 is 6.08 Å². The summed E-state index contributed by atoms with van der Waals surface area (Å²) in [4.78, 5) is 2.26. The Morgan fingerprint density at radius 3 is 2.65 bits per heavy atom. The number of ether oxygens (including phenoxy) is 1. The molecule has 0 aromatic heterocycles. The molecule has 2 nitrogen and oxygen atoms in total. The Balaban J connectivity index is 1.79. The molecule has 0 fully saturated rings. The maximum atomic E-state index is 5.16. The number of benzene rings is 1. The van der Waals surface area contributed by atoms with E-state index in [-0.39, 0.29) is 0 Å². The van der Waals surface area contributed by atoms with Gasteiger partial charge in [0.2, 0.25) is 0 Å². The SMILES string of the molecule is COc1ccc(C=CN(C)CCC2=CCCCC2)cc1. The lowest BCUT2D eigenvalue weighted by atomic mass is 9.97. The van der Waals surface area contributed by atoms with Gasteiger partial charge in [0, 0.05) is 13.6 Å². The fourth-order valence-corrected chi connectivity index (χ4v) is 2.45. The molecule has 1 aromatic carbocycles. The highest BCUT2D eigenvalue weighted by molar-refractivity contribution is 5.50. The Morgan fingerprint density at radius 1 is 1.20 bits per heavy atom. The summed E-state index contributed by atoms with van der Waals surface area (Å²) in [7, 11) is 3.84. The Labute approximate surface area is 122 Å². The highest BCUT2D eigenvalue weighted by atomic mass is 16.5. The van der Waals surface area contributed by atoms with Crippen LogP contribution in [0.15, 0.2) is 42.1 Å². The standard InChI is InChI=1S/C18H25NO/c1-19(14-12-16-6-4-3-5-7-16)15-13-17-8-10-18(20-2)11-9-17/h6,8-11,13,15H,3-5,7,12,14H2,1-2H3. The summed E-state index contributed by atoms with van der Waals surface area (Å²) >= 11 is 0. The quantitative estimate of drug-likeness (QED) is 0.707. The molecule has 0 aliphatic heterocycles. The lowest BCUT2D eigenvalue weighted by molar-refractivity contribution is 0.415. The normalized spacial score (nSPS) is 15.2. The molecule has 0 unspecified atom stereocenters. The summed E-state index contributed by atoms with van der Waals surface area (Å²) < 4.78 is 5.16. The van der Waals surface area contributed by atoms with Crippen LogP contribution < -0.4 is 4.74 Å². The van der Waals surface area contributed by atoms with Crippen molar-refractivity contribution in [3.63, 3.8) is 0 Å². The molecule has 2 rings (SSSR count). The summed E-state index contributed by atoms with van der Waals surface area (Å²) in [5, 5.41) is 0. The maximum Gasteiger partial charge on any atom is 0.118 e. The van der Waals surface area contributed by atoms with E-state index < -0.39 is 0 Å². The van der Waals surface area contributed by atoms with E-state index in [1.165, 1.54) is 37.7 Å². The predicted molar refractivity (Wildman–Crippen MR) is 85.8 cm³/mol. The van der Waals surface area contributed by atoms with Gasteiger partial charge < -0.3 is 9.64 Å². The Hall–Kier alpha value is -1.70. The molecule has 0 amide bonds. The number of hydrogen-bond donors (Lipinski definition) is 0. The summed E-state index contributed by atoms with van der Waals surface area (Å²) in [6.07, 6.45) is 13.3. The van der Waals surface area contributed by atoms with Gasteiger partial charge in [-0.25, -0.2) is 0 Å². The summed E-state index contributed by atoms with van der Waals surface area (Å²) in [5.74, 6) is 0.903. The second-order valence-electron chi connectivity index (χ2n) is 5.43. The van der Waals surface area contributed by atoms with Crippen molar-refractivity contribution in [3.05, 3.63) is 47.7 Å². The summed E-state index contributed by atoms with van der Waals surface area (Å²) in [6.45, 7) is 1.10. The van der Waals surface area contributed by atoms with Gasteiger partial charge in [-0.15, -0.1) is 0 Å². The number of methoxy groups -OCH3 is 1. The van der Waals surface area contributed by atoms with Crippen LogP contribution in [0.3, 0.4) is 0 Å². The van der Waals surface area contributed by atoms with Crippen LogP contribution in [0.25, 0.3) is 6.08 Å². The van der Waals surface area contributed by atoms with Gasteiger partial charge in [-0.2, -0.15) is 0 Å². The molecule has 0 spiro atoms. The monoisotopic (exact) mass is 271 g/mol. The molecule has 1 aromatic rings. The van der Waals surface area contributed by atoms with E-state index in [1.54, 1.807) is 12.7 Å². The molecular weight excluding hydrogens is 246 g/mol. The van der Waals surface area contributed by atoms with Crippen LogP contribution >= 0.6 is 0 Å². The van der Waals surface area contributed by atoms with Crippen LogP contribution in [0.5, 0.6) is 5.75 Å². The van der Waals surface area contributed by atoms with E-state index in [0.29, 0.717) is 0 Å². The van der Waals surface area contributed by atoms with Crippen molar-refractivity contribution in [2.45, 2.75) is 32.1 Å². The molecule has 2 heteroatoms. The van der Waals surface area contributed by atoms with E-state index in [0.717, 1.165) is 12.3 Å². The van der Waals surface area contributed by atoms with Crippen molar-refractivity contribution in [3.8, 4) is 5.75 Å². The topological polar surface area (TPSA) is 12.5 Å². The van der Waals surface area contributed by atoms with Crippen molar-refractivity contribution in [1.29, 1.82) is 0 Å². The smallest absolute Gasteiger partial charge is 0.118 e. The summed E-state index contributed by atoms with van der Waals surface area (Å²) in [6, 6.07) is 8.14. The van der Waals surface area contributed by atoms with E-state index in [2.05, 4.69) is 42.4 Å². The third-order valence-corrected chi connectivity index (χ3v) is 3.81. The molecule has 1 aliphatic rings. The first kappa shape index (κ1) is 14.7. The van der Waals surface area contributed by atoms with Crippen LogP contribution in [0.1, 0.15) is 37.7 Å². The molecule has 20 heavy (non-hydrogen) atoms. The zero-order valence-electron chi connectivity index (χ0n) is 12.6. The molecule has 108 valence electrons. The van der Waals surface area contributed by atoms with Gasteiger partial charge in [-0.1, -0.05) is 23.8 Å². The molecule has 0 radical (unpaired) electrons. The van der Waals surface area contributed by atoms with Crippen molar-refractivity contribution < 1.29 is 4.74 Å². The van der Waals surface area contributed by atoms with Gasteiger partial charge in [-0.3, -0.25) is 0 Å². The van der Waals surface area contributed by atoms with Crippen molar-refractivity contribution in [2.24, 2.45) is 0 Å². The molecule has 0 N–H and O–H groups in total. The molecular formula is C18H25NO. The van der Waals surface area contributed by atoms with Crippen molar-refractivity contribution in [1.82, 2.24) is 4.90 Å². The van der Waals surface area contributed by atoms with E-state index in [1.807, 2.05) is 12.1 Å². The second-order valence-corrected chi connectivity index (χ2v) is 5.43. The summed E-state index contributed by atoms with van der Waals surface area (Å²) in [5.41, 5.74) is 2.84. The van der Waals surface area contributed by atoms with E-state index in [9.17, 15) is 0 Å². The first-order valence-corrected chi connectivity index (χ1v) is 7.48. The number of nitrogens with zero attached hydrogens (tertiary/aromatic N) is 1. The molecule has 0 heterocycles. The van der Waals surface area contributed by atoms with Crippen LogP contribution in [-0.4, -0.2) is 25.6 Å². The number of allylic oxidation sites excluding steroid dienone is 1. The van der Waals surface area contributed by atoms with Gasteiger partial charge in [0.1, 0.15) is 5.75 Å². The highest BCUT2D eigenvalue weighted by Gasteiger charge is 2.03. The zero-order valence-corrected chi connectivity index (χ0v) is 12.6. The number of hydrogen-bond acceptors (Lipinski definition) is 2. The van der Waals surface area contributed by atoms with Gasteiger partial charge in [0.05, 0.1) is 7.11 Å². The minimum absolute atomic E-state index is 0.903. The van der Waals surface area contributed by atoms with E-state index in [4.69, 9.17) is 4.74 Å². The minimum Gasteiger partial charge on any atom is -0.497 e. The van der Waals surface area contributed by atoms with Crippen LogP contribution in [0, 0.1) is 0 Å². The Bertz CT molecular complexity index is 459. The average molecular weight is 271 g/mol. The van der Waals surface area contributed by atoms with E-state index >= 15 is 0 Å².